The van der Waals surface area contributed by atoms with E-state index in [0.29, 0.717) is 30.9 Å². The maximum absolute atomic E-state index is 13.4. The predicted molar refractivity (Wildman–Crippen MR) is 115 cm³/mol. The van der Waals surface area contributed by atoms with Crippen molar-refractivity contribution in [2.75, 3.05) is 5.32 Å². The molecule has 0 saturated heterocycles. The molecule has 0 aromatic carbocycles. The number of aromatic nitrogens is 4. The van der Waals surface area contributed by atoms with Crippen LogP contribution in [-0.2, 0) is 17.8 Å². The van der Waals surface area contributed by atoms with Gasteiger partial charge in [-0.1, -0.05) is 16.8 Å². The van der Waals surface area contributed by atoms with Crippen LogP contribution in [-0.4, -0.2) is 37.3 Å². The second kappa shape index (κ2) is 8.74. The third kappa shape index (κ3) is 4.23. The van der Waals surface area contributed by atoms with Crippen molar-refractivity contribution < 1.29 is 23.3 Å². The zero-order chi connectivity index (χ0) is 23.9. The molecular formula is C21H20ClFN6O4. The highest BCUT2D eigenvalue weighted by molar-refractivity contribution is 6.48. The van der Waals surface area contributed by atoms with Crippen LogP contribution in [0.25, 0.3) is 0 Å². The van der Waals surface area contributed by atoms with Gasteiger partial charge in [0.1, 0.15) is 11.7 Å². The van der Waals surface area contributed by atoms with Crippen LogP contribution < -0.4 is 10.6 Å². The number of rotatable bonds is 6. The predicted octanol–water partition coefficient (Wildman–Crippen LogP) is 2.93. The fourth-order valence-electron chi connectivity index (χ4n) is 3.74. The zero-order valence-corrected chi connectivity index (χ0v) is 18.8. The highest BCUT2D eigenvalue weighted by Gasteiger charge is 2.35. The van der Waals surface area contributed by atoms with Crippen LogP contribution in [0.4, 0.5) is 10.1 Å². The number of nitrogens with zero attached hydrogens (tertiary/aromatic N) is 4. The molecule has 0 radical (unpaired) electrons. The van der Waals surface area contributed by atoms with Crippen molar-refractivity contribution in [3.8, 4) is 0 Å². The quantitative estimate of drug-likeness (QED) is 0.319. The number of anilines is 1. The Morgan fingerprint density at radius 1 is 1.30 bits per heavy atom. The lowest BCUT2D eigenvalue weighted by Crippen LogP contribution is -2.34. The minimum absolute atomic E-state index is 0.0610. The Kier molecular flexibility index (Phi) is 5.98. The molecule has 3 aromatic heterocycles. The lowest BCUT2D eigenvalue weighted by molar-refractivity contribution is -0.117. The van der Waals surface area contributed by atoms with Gasteiger partial charge < -0.3 is 19.7 Å². The first-order valence-corrected chi connectivity index (χ1v) is 10.5. The third-order valence-corrected chi connectivity index (χ3v) is 5.66. The smallest absolute Gasteiger partial charge is 0.294 e. The first kappa shape index (κ1) is 22.6. The van der Waals surface area contributed by atoms with Crippen LogP contribution >= 0.6 is 11.6 Å². The van der Waals surface area contributed by atoms with E-state index in [1.807, 2.05) is 0 Å². The molecule has 4 heterocycles. The summed E-state index contributed by atoms with van der Waals surface area (Å²) in [6.07, 6.45) is 2.38. The molecule has 0 aliphatic carbocycles. The number of carbonyl (C=O) groups excluding carboxylic acids is 3. The molecule has 1 atom stereocenters. The zero-order valence-electron chi connectivity index (χ0n) is 18.0. The fraction of sp³-hybridized carbons (Fsp3) is 0.333. The van der Waals surface area contributed by atoms with Crippen molar-refractivity contribution >= 4 is 34.9 Å². The average Bonchev–Trinajstić information content (AvgIpc) is 3.46. The standard InChI is InChI=1S/C21H20ClFN6O4/c1-9-7-12(8-24-18(9)23)27-19(31)14-13-5-4-6-29(13)16(15(14)22)17(30)20(32)25-10(2)21-26-11(3)28-33-21/h7-8,10H,4-6H2,1-3H3,(H,25,32)(H,27,31). The molecule has 2 N–H and O–H groups in total. The number of ketones is 1. The molecule has 0 fully saturated rings. The summed E-state index contributed by atoms with van der Waals surface area (Å²) in [5.74, 6) is -2.47. The number of hydrogen-bond donors (Lipinski definition) is 2. The maximum Gasteiger partial charge on any atom is 0.294 e. The average molecular weight is 475 g/mol. The lowest BCUT2D eigenvalue weighted by atomic mass is 10.1. The van der Waals surface area contributed by atoms with Crippen molar-refractivity contribution in [2.24, 2.45) is 0 Å². The third-order valence-electron chi connectivity index (χ3n) is 5.29. The molecule has 3 aromatic rings. The minimum Gasteiger partial charge on any atom is -0.340 e. The van der Waals surface area contributed by atoms with Gasteiger partial charge in [-0.3, -0.25) is 14.4 Å². The van der Waals surface area contributed by atoms with Crippen molar-refractivity contribution in [3.05, 3.63) is 57.5 Å². The molecule has 0 spiro atoms. The van der Waals surface area contributed by atoms with Crippen LogP contribution in [0.15, 0.2) is 16.8 Å². The summed E-state index contributed by atoms with van der Waals surface area (Å²) < 4.78 is 20.0. The summed E-state index contributed by atoms with van der Waals surface area (Å²) in [4.78, 5) is 46.3. The van der Waals surface area contributed by atoms with Crippen LogP contribution in [0, 0.1) is 19.8 Å². The molecule has 4 rings (SSSR count). The number of amides is 2. The number of Topliss-reactive ketones (excluding diaryl/α,β-unsaturated/α-hetero) is 1. The summed E-state index contributed by atoms with van der Waals surface area (Å²) in [6.45, 7) is 5.19. The van der Waals surface area contributed by atoms with Gasteiger partial charge in [-0.05, 0) is 39.7 Å². The number of hydrogen-bond acceptors (Lipinski definition) is 7. The number of nitrogens with one attached hydrogen (secondary N) is 2. The van der Waals surface area contributed by atoms with E-state index in [2.05, 4.69) is 25.8 Å². The number of pyridine rings is 1. The molecule has 1 aliphatic rings. The van der Waals surface area contributed by atoms with E-state index in [-0.39, 0.29) is 33.4 Å². The maximum atomic E-state index is 13.4. The van der Waals surface area contributed by atoms with Gasteiger partial charge >= 0.3 is 0 Å². The van der Waals surface area contributed by atoms with E-state index >= 15 is 0 Å². The fourth-order valence-corrected chi connectivity index (χ4v) is 4.12. The Morgan fingerprint density at radius 2 is 2.06 bits per heavy atom. The van der Waals surface area contributed by atoms with Gasteiger partial charge in [-0.2, -0.15) is 9.37 Å². The molecular weight excluding hydrogens is 455 g/mol. The highest BCUT2D eigenvalue weighted by Crippen LogP contribution is 2.34. The Bertz CT molecular complexity index is 1280. The van der Waals surface area contributed by atoms with Crippen molar-refractivity contribution in [1.82, 2.24) is 25.0 Å². The molecule has 0 bridgehead atoms. The van der Waals surface area contributed by atoms with E-state index in [9.17, 15) is 18.8 Å². The van der Waals surface area contributed by atoms with Gasteiger partial charge in [0, 0.05) is 17.8 Å². The second-order valence-electron chi connectivity index (χ2n) is 7.73. The van der Waals surface area contributed by atoms with Gasteiger partial charge in [0.2, 0.25) is 11.8 Å². The Balaban J connectivity index is 1.60. The summed E-state index contributed by atoms with van der Waals surface area (Å²) in [7, 11) is 0. The van der Waals surface area contributed by atoms with Crippen LogP contribution in [0.1, 0.15) is 63.2 Å². The number of halogens is 2. The number of fused-ring (bicyclic) bond motifs is 1. The van der Waals surface area contributed by atoms with Crippen molar-refractivity contribution in [3.63, 3.8) is 0 Å². The van der Waals surface area contributed by atoms with Gasteiger partial charge in [-0.25, -0.2) is 4.98 Å². The molecule has 1 aliphatic heterocycles. The van der Waals surface area contributed by atoms with Crippen molar-refractivity contribution in [1.29, 1.82) is 0 Å². The van der Waals surface area contributed by atoms with E-state index in [1.54, 1.807) is 18.4 Å². The number of carbonyl (C=O) groups is 3. The SMILES string of the molecule is Cc1noc(C(C)NC(=O)C(=O)c2c(Cl)c(C(=O)Nc3cnc(F)c(C)c3)c3n2CCC3)n1. The Morgan fingerprint density at radius 3 is 2.73 bits per heavy atom. The normalized spacial score (nSPS) is 13.5. The summed E-state index contributed by atoms with van der Waals surface area (Å²) in [5, 5.41) is 8.69. The van der Waals surface area contributed by atoms with Crippen LogP contribution in [0.3, 0.4) is 0 Å². The molecule has 33 heavy (non-hydrogen) atoms. The molecule has 12 heteroatoms. The second-order valence-corrected chi connectivity index (χ2v) is 8.11. The molecule has 0 saturated carbocycles. The molecule has 172 valence electrons. The summed E-state index contributed by atoms with van der Waals surface area (Å²) in [5.41, 5.74) is 1.14. The topological polar surface area (TPSA) is 132 Å². The lowest BCUT2D eigenvalue weighted by Gasteiger charge is -2.10. The van der Waals surface area contributed by atoms with Gasteiger partial charge in [0.05, 0.1) is 22.5 Å². The van der Waals surface area contributed by atoms with Gasteiger partial charge in [-0.15, -0.1) is 0 Å². The summed E-state index contributed by atoms with van der Waals surface area (Å²) >= 11 is 6.46. The minimum atomic E-state index is -0.919. The Labute approximate surface area is 192 Å². The first-order chi connectivity index (χ1) is 15.7. The largest absolute Gasteiger partial charge is 0.340 e. The number of aryl methyl sites for hydroxylation is 2. The van der Waals surface area contributed by atoms with Crippen LogP contribution in [0.5, 0.6) is 0 Å². The molecule has 10 nitrogen and oxygen atoms in total. The highest BCUT2D eigenvalue weighted by atomic mass is 35.5. The van der Waals surface area contributed by atoms with E-state index in [1.165, 1.54) is 19.2 Å². The molecule has 2 amide bonds. The van der Waals surface area contributed by atoms with E-state index in [0.717, 1.165) is 0 Å². The van der Waals surface area contributed by atoms with Crippen molar-refractivity contribution in [2.45, 2.75) is 46.2 Å². The van der Waals surface area contributed by atoms with Crippen LogP contribution in [0.2, 0.25) is 5.02 Å². The monoisotopic (exact) mass is 474 g/mol. The first-order valence-electron chi connectivity index (χ1n) is 10.2. The molecule has 1 unspecified atom stereocenters. The van der Waals surface area contributed by atoms with E-state index in [4.69, 9.17) is 16.1 Å². The van der Waals surface area contributed by atoms with Gasteiger partial charge in [0.15, 0.2) is 5.82 Å². The van der Waals surface area contributed by atoms with Gasteiger partial charge in [0.25, 0.3) is 17.6 Å². The Hall–Kier alpha value is -3.60. The van der Waals surface area contributed by atoms with E-state index < -0.39 is 29.6 Å². The summed E-state index contributed by atoms with van der Waals surface area (Å²) in [6, 6.07) is 0.733.